The van der Waals surface area contributed by atoms with Gasteiger partial charge in [0.25, 0.3) is 0 Å². The predicted molar refractivity (Wildman–Crippen MR) is 79.5 cm³/mol. The van der Waals surface area contributed by atoms with Crippen LogP contribution in [0.5, 0.6) is 5.88 Å². The van der Waals surface area contributed by atoms with Crippen LogP contribution in [0.25, 0.3) is 0 Å². The first kappa shape index (κ1) is 15.4. The van der Waals surface area contributed by atoms with E-state index in [-0.39, 0.29) is 18.0 Å². The number of halogens is 1. The van der Waals surface area contributed by atoms with E-state index in [1.165, 1.54) is 12.3 Å². The minimum atomic E-state index is -0.328. The van der Waals surface area contributed by atoms with Gasteiger partial charge in [-0.3, -0.25) is 4.98 Å². The van der Waals surface area contributed by atoms with Crippen LogP contribution in [0.1, 0.15) is 38.1 Å². The molecule has 2 aromatic rings. The lowest BCUT2D eigenvalue weighted by Gasteiger charge is -2.16. The van der Waals surface area contributed by atoms with E-state index in [1.54, 1.807) is 12.3 Å². The SMILES string of the molecule is CC(C)Oc1ncccc1CNC(C)c1ccc(F)cn1. The lowest BCUT2D eigenvalue weighted by molar-refractivity contribution is 0.229. The molecule has 2 rings (SSSR count). The Balaban J connectivity index is 2.01. The first-order chi connectivity index (χ1) is 10.1. The van der Waals surface area contributed by atoms with Crippen LogP contribution in [0.2, 0.25) is 0 Å². The summed E-state index contributed by atoms with van der Waals surface area (Å²) >= 11 is 0. The van der Waals surface area contributed by atoms with Gasteiger partial charge in [0.15, 0.2) is 0 Å². The van der Waals surface area contributed by atoms with Crippen LogP contribution in [-0.2, 0) is 6.54 Å². The molecular formula is C16H20FN3O. The molecule has 0 saturated carbocycles. The van der Waals surface area contributed by atoms with Crippen LogP contribution < -0.4 is 10.1 Å². The molecule has 0 spiro atoms. The molecule has 5 heteroatoms. The number of pyridine rings is 2. The van der Waals surface area contributed by atoms with Crippen molar-refractivity contribution in [2.45, 2.75) is 39.5 Å². The molecule has 0 aromatic carbocycles. The molecule has 0 bridgehead atoms. The van der Waals surface area contributed by atoms with E-state index in [0.717, 1.165) is 11.3 Å². The Kier molecular flexibility index (Phi) is 5.22. The normalized spacial score (nSPS) is 12.4. The number of nitrogens with one attached hydrogen (secondary N) is 1. The van der Waals surface area contributed by atoms with Gasteiger partial charge in [0.2, 0.25) is 5.88 Å². The van der Waals surface area contributed by atoms with E-state index in [0.29, 0.717) is 12.4 Å². The maximum Gasteiger partial charge on any atom is 0.218 e. The molecule has 0 amide bonds. The topological polar surface area (TPSA) is 47.0 Å². The predicted octanol–water partition coefficient (Wildman–Crippen LogP) is 3.25. The van der Waals surface area contributed by atoms with E-state index < -0.39 is 0 Å². The van der Waals surface area contributed by atoms with Crippen molar-refractivity contribution >= 4 is 0 Å². The van der Waals surface area contributed by atoms with Crippen LogP contribution in [0.4, 0.5) is 4.39 Å². The summed E-state index contributed by atoms with van der Waals surface area (Å²) in [5.41, 5.74) is 1.78. The van der Waals surface area contributed by atoms with Gasteiger partial charge >= 0.3 is 0 Å². The van der Waals surface area contributed by atoms with E-state index >= 15 is 0 Å². The van der Waals surface area contributed by atoms with Crippen molar-refractivity contribution in [2.75, 3.05) is 0 Å². The van der Waals surface area contributed by atoms with Crippen LogP contribution >= 0.6 is 0 Å². The number of ether oxygens (including phenoxy) is 1. The zero-order chi connectivity index (χ0) is 15.2. The van der Waals surface area contributed by atoms with Crippen molar-refractivity contribution < 1.29 is 9.13 Å². The van der Waals surface area contributed by atoms with Gasteiger partial charge in [0.1, 0.15) is 5.82 Å². The van der Waals surface area contributed by atoms with E-state index in [4.69, 9.17) is 4.74 Å². The summed E-state index contributed by atoms with van der Waals surface area (Å²) in [6.07, 6.45) is 3.02. The summed E-state index contributed by atoms with van der Waals surface area (Å²) < 4.78 is 18.6. The second-order valence-corrected chi connectivity index (χ2v) is 5.14. The van der Waals surface area contributed by atoms with Crippen molar-refractivity contribution in [3.8, 4) is 5.88 Å². The molecule has 1 atom stereocenters. The molecule has 0 aliphatic rings. The van der Waals surface area contributed by atoms with Gasteiger partial charge in [-0.25, -0.2) is 9.37 Å². The molecular weight excluding hydrogens is 269 g/mol. The molecule has 4 nitrogen and oxygen atoms in total. The van der Waals surface area contributed by atoms with Crippen LogP contribution in [0.3, 0.4) is 0 Å². The average Bonchev–Trinajstić information content (AvgIpc) is 2.46. The van der Waals surface area contributed by atoms with Crippen LogP contribution in [0.15, 0.2) is 36.7 Å². The fourth-order valence-corrected chi connectivity index (χ4v) is 1.90. The summed E-state index contributed by atoms with van der Waals surface area (Å²) in [6, 6.07) is 6.96. The summed E-state index contributed by atoms with van der Waals surface area (Å²) in [7, 11) is 0. The molecule has 21 heavy (non-hydrogen) atoms. The van der Waals surface area contributed by atoms with Gasteiger partial charge in [-0.1, -0.05) is 6.07 Å². The van der Waals surface area contributed by atoms with Gasteiger partial charge in [0, 0.05) is 24.3 Å². The highest BCUT2D eigenvalue weighted by Crippen LogP contribution is 2.17. The molecule has 0 aliphatic carbocycles. The summed E-state index contributed by atoms with van der Waals surface area (Å²) in [5, 5.41) is 3.34. The first-order valence-corrected chi connectivity index (χ1v) is 7.01. The quantitative estimate of drug-likeness (QED) is 0.886. The Morgan fingerprint density at radius 2 is 2.00 bits per heavy atom. The molecule has 2 heterocycles. The maximum absolute atomic E-state index is 12.9. The van der Waals surface area contributed by atoms with Gasteiger partial charge in [-0.2, -0.15) is 0 Å². The molecule has 0 radical (unpaired) electrons. The summed E-state index contributed by atoms with van der Waals surface area (Å²) in [4.78, 5) is 8.33. The van der Waals surface area contributed by atoms with E-state index in [1.807, 2.05) is 32.9 Å². The zero-order valence-corrected chi connectivity index (χ0v) is 12.5. The molecule has 1 unspecified atom stereocenters. The van der Waals surface area contributed by atoms with Crippen molar-refractivity contribution in [1.82, 2.24) is 15.3 Å². The monoisotopic (exact) mass is 289 g/mol. The Morgan fingerprint density at radius 1 is 1.19 bits per heavy atom. The van der Waals surface area contributed by atoms with Crippen molar-refractivity contribution in [3.05, 3.63) is 53.7 Å². The third-order valence-corrected chi connectivity index (χ3v) is 2.99. The molecule has 0 saturated heterocycles. The number of hydrogen-bond donors (Lipinski definition) is 1. The second-order valence-electron chi connectivity index (χ2n) is 5.14. The minimum absolute atomic E-state index is 0.0118. The highest BCUT2D eigenvalue weighted by atomic mass is 19.1. The lowest BCUT2D eigenvalue weighted by Crippen LogP contribution is -2.20. The standard InChI is InChI=1S/C16H20FN3O/c1-11(2)21-16-13(5-4-8-18-16)9-19-12(3)15-7-6-14(17)10-20-15/h4-8,10-12,19H,9H2,1-3H3. The lowest BCUT2D eigenvalue weighted by atomic mass is 10.2. The zero-order valence-electron chi connectivity index (χ0n) is 12.5. The second kappa shape index (κ2) is 7.13. The summed E-state index contributed by atoms with van der Waals surface area (Å²) in [5.74, 6) is 0.310. The van der Waals surface area contributed by atoms with Crippen molar-refractivity contribution in [1.29, 1.82) is 0 Å². The van der Waals surface area contributed by atoms with Crippen molar-refractivity contribution in [2.24, 2.45) is 0 Å². The van der Waals surface area contributed by atoms with Gasteiger partial charge in [0.05, 0.1) is 18.0 Å². The van der Waals surface area contributed by atoms with Crippen molar-refractivity contribution in [3.63, 3.8) is 0 Å². The Hall–Kier alpha value is -2.01. The molecule has 0 fully saturated rings. The summed E-state index contributed by atoms with van der Waals surface area (Å²) in [6.45, 7) is 6.53. The highest BCUT2D eigenvalue weighted by Gasteiger charge is 2.10. The highest BCUT2D eigenvalue weighted by molar-refractivity contribution is 5.25. The fourth-order valence-electron chi connectivity index (χ4n) is 1.90. The number of nitrogens with zero attached hydrogens (tertiary/aromatic N) is 2. The fraction of sp³-hybridized carbons (Fsp3) is 0.375. The first-order valence-electron chi connectivity index (χ1n) is 7.01. The number of aromatic nitrogens is 2. The van der Waals surface area contributed by atoms with Gasteiger partial charge in [-0.05, 0) is 39.0 Å². The van der Waals surface area contributed by atoms with Crippen LogP contribution in [-0.4, -0.2) is 16.1 Å². The Morgan fingerprint density at radius 3 is 2.67 bits per heavy atom. The largest absolute Gasteiger partial charge is 0.475 e. The van der Waals surface area contributed by atoms with Crippen LogP contribution in [0, 0.1) is 5.82 Å². The minimum Gasteiger partial charge on any atom is -0.475 e. The van der Waals surface area contributed by atoms with E-state index in [2.05, 4.69) is 15.3 Å². The molecule has 2 aromatic heterocycles. The molecule has 112 valence electrons. The Labute approximate surface area is 124 Å². The Bertz CT molecular complexity index is 572. The average molecular weight is 289 g/mol. The van der Waals surface area contributed by atoms with E-state index in [9.17, 15) is 4.39 Å². The van der Waals surface area contributed by atoms with Gasteiger partial charge < -0.3 is 10.1 Å². The number of rotatable bonds is 6. The molecule has 1 N–H and O–H groups in total. The third kappa shape index (κ3) is 4.49. The smallest absolute Gasteiger partial charge is 0.218 e. The van der Waals surface area contributed by atoms with Gasteiger partial charge in [-0.15, -0.1) is 0 Å². The number of hydrogen-bond acceptors (Lipinski definition) is 4. The maximum atomic E-state index is 12.9. The third-order valence-electron chi connectivity index (χ3n) is 2.99. The molecule has 0 aliphatic heterocycles.